The summed E-state index contributed by atoms with van der Waals surface area (Å²) in [6.07, 6.45) is 10.5. The third-order valence-corrected chi connectivity index (χ3v) is 7.64. The summed E-state index contributed by atoms with van der Waals surface area (Å²) in [5.41, 5.74) is 1.09. The molecule has 7 nitrogen and oxygen atoms in total. The Labute approximate surface area is 215 Å². The summed E-state index contributed by atoms with van der Waals surface area (Å²) < 4.78 is 0. The number of carboxylic acids is 1. The summed E-state index contributed by atoms with van der Waals surface area (Å²) in [6, 6.07) is 8.92. The average Bonchev–Trinajstić information content (AvgIpc) is 3.41. The first kappa shape index (κ1) is 27.9. The Morgan fingerprint density at radius 2 is 1.44 bits per heavy atom. The maximum atomic E-state index is 13.6. The minimum atomic E-state index is -1.07. The number of rotatable bonds is 5. The summed E-state index contributed by atoms with van der Waals surface area (Å²) in [4.78, 5) is 53.4. The third-order valence-electron chi connectivity index (χ3n) is 7.64. The first-order chi connectivity index (χ1) is 17.4. The zero-order valence-electron chi connectivity index (χ0n) is 21.5. The molecule has 0 bridgehead atoms. The SMILES string of the molecule is O=C1C[C@@H](CC(=O)N2CCCC2)C(=O)N[C@H](C(=O)O)CCCCCCCCC[C@H]1Cc1ccccc1. The molecule has 3 rings (SSSR count). The molecular formula is C29H42N2O5. The van der Waals surface area contributed by atoms with Crippen LogP contribution in [0.2, 0.25) is 0 Å². The molecule has 36 heavy (non-hydrogen) atoms. The molecular weight excluding hydrogens is 456 g/mol. The molecule has 3 atom stereocenters. The predicted molar refractivity (Wildman–Crippen MR) is 138 cm³/mol. The molecule has 1 aromatic rings. The van der Waals surface area contributed by atoms with Crippen LogP contribution in [0.3, 0.4) is 0 Å². The van der Waals surface area contributed by atoms with E-state index in [0.717, 1.165) is 69.8 Å². The fraction of sp³-hybridized carbons (Fsp3) is 0.655. The lowest BCUT2D eigenvalue weighted by atomic mass is 9.84. The fourth-order valence-electron chi connectivity index (χ4n) is 5.42. The molecule has 2 saturated heterocycles. The highest BCUT2D eigenvalue weighted by Crippen LogP contribution is 2.24. The van der Waals surface area contributed by atoms with Crippen molar-refractivity contribution in [3.63, 3.8) is 0 Å². The third kappa shape index (κ3) is 9.07. The lowest BCUT2D eigenvalue weighted by Gasteiger charge is -2.24. The second-order valence-electron chi connectivity index (χ2n) is 10.5. The molecule has 7 heteroatoms. The molecule has 0 spiro atoms. The van der Waals surface area contributed by atoms with Gasteiger partial charge in [0, 0.05) is 31.8 Å². The van der Waals surface area contributed by atoms with Crippen LogP contribution in [-0.4, -0.2) is 52.7 Å². The number of benzene rings is 1. The highest BCUT2D eigenvalue weighted by Gasteiger charge is 2.32. The summed E-state index contributed by atoms with van der Waals surface area (Å²) in [6.45, 7) is 1.35. The number of Topliss-reactive ketones (excluding diaryl/α,β-unsaturated/α-hetero) is 1. The smallest absolute Gasteiger partial charge is 0.326 e. The largest absolute Gasteiger partial charge is 0.480 e. The summed E-state index contributed by atoms with van der Waals surface area (Å²) in [5, 5.41) is 12.4. The van der Waals surface area contributed by atoms with Crippen molar-refractivity contribution < 1.29 is 24.3 Å². The minimum absolute atomic E-state index is 0.00723. The van der Waals surface area contributed by atoms with Crippen LogP contribution >= 0.6 is 0 Å². The quantitative estimate of drug-likeness (QED) is 0.621. The van der Waals surface area contributed by atoms with Gasteiger partial charge in [-0.15, -0.1) is 0 Å². The van der Waals surface area contributed by atoms with Crippen LogP contribution in [0, 0.1) is 11.8 Å². The number of nitrogens with one attached hydrogen (secondary N) is 1. The van der Waals surface area contributed by atoms with Crippen molar-refractivity contribution in [3.05, 3.63) is 35.9 Å². The highest BCUT2D eigenvalue weighted by atomic mass is 16.4. The summed E-state index contributed by atoms with van der Waals surface area (Å²) >= 11 is 0. The number of carbonyl (C=O) groups excluding carboxylic acids is 3. The molecule has 198 valence electrons. The van der Waals surface area contributed by atoms with E-state index in [9.17, 15) is 24.3 Å². The molecule has 2 aliphatic rings. The average molecular weight is 499 g/mol. The van der Waals surface area contributed by atoms with Crippen molar-refractivity contribution in [1.82, 2.24) is 10.2 Å². The van der Waals surface area contributed by atoms with Crippen LogP contribution in [0.15, 0.2) is 30.3 Å². The Balaban J connectivity index is 1.79. The van der Waals surface area contributed by atoms with Gasteiger partial charge < -0.3 is 15.3 Å². The Kier molecular flexibility index (Phi) is 11.4. The number of likely N-dealkylation sites (tertiary alicyclic amines) is 1. The predicted octanol–water partition coefficient (Wildman–Crippen LogP) is 4.53. The first-order valence-corrected chi connectivity index (χ1v) is 13.8. The topological polar surface area (TPSA) is 104 Å². The number of hydrogen-bond donors (Lipinski definition) is 2. The number of carbonyl (C=O) groups is 4. The summed E-state index contributed by atoms with van der Waals surface area (Å²) in [5.74, 6) is -2.75. The second-order valence-corrected chi connectivity index (χ2v) is 10.5. The van der Waals surface area contributed by atoms with E-state index in [2.05, 4.69) is 5.32 Å². The number of ketones is 1. The lowest BCUT2D eigenvalue weighted by molar-refractivity contribution is -0.143. The molecule has 0 unspecified atom stereocenters. The van der Waals surface area contributed by atoms with Gasteiger partial charge in [0.1, 0.15) is 11.8 Å². The molecule has 1 aromatic carbocycles. The molecule has 2 N–H and O–H groups in total. The Morgan fingerprint density at radius 3 is 2.08 bits per heavy atom. The van der Waals surface area contributed by atoms with E-state index in [0.29, 0.717) is 25.9 Å². The van der Waals surface area contributed by atoms with Gasteiger partial charge in [-0.3, -0.25) is 14.4 Å². The Morgan fingerprint density at radius 1 is 0.833 bits per heavy atom. The molecule has 2 heterocycles. The van der Waals surface area contributed by atoms with Crippen LogP contribution in [-0.2, 0) is 25.6 Å². The maximum absolute atomic E-state index is 13.6. The normalized spacial score (nSPS) is 25.3. The van der Waals surface area contributed by atoms with E-state index in [-0.39, 0.29) is 30.4 Å². The number of aliphatic carboxylic acids is 1. The van der Waals surface area contributed by atoms with Crippen molar-refractivity contribution in [2.45, 2.75) is 95.9 Å². The van der Waals surface area contributed by atoms with Gasteiger partial charge in [-0.25, -0.2) is 4.79 Å². The van der Waals surface area contributed by atoms with Crippen LogP contribution in [0.25, 0.3) is 0 Å². The zero-order chi connectivity index (χ0) is 25.8. The van der Waals surface area contributed by atoms with Crippen molar-refractivity contribution >= 4 is 23.6 Å². The lowest BCUT2D eigenvalue weighted by Crippen LogP contribution is -2.45. The monoisotopic (exact) mass is 498 g/mol. The number of amides is 2. The van der Waals surface area contributed by atoms with Gasteiger partial charge in [-0.1, -0.05) is 75.3 Å². The molecule has 0 saturated carbocycles. The second kappa shape index (κ2) is 14.8. The molecule has 2 fully saturated rings. The van der Waals surface area contributed by atoms with Crippen molar-refractivity contribution in [3.8, 4) is 0 Å². The van der Waals surface area contributed by atoms with E-state index in [1.54, 1.807) is 4.90 Å². The van der Waals surface area contributed by atoms with E-state index in [1.807, 2.05) is 30.3 Å². The number of nitrogens with zero attached hydrogens (tertiary/aromatic N) is 1. The molecule has 2 amide bonds. The fourth-order valence-corrected chi connectivity index (χ4v) is 5.42. The molecule has 0 aromatic heterocycles. The highest BCUT2D eigenvalue weighted by molar-refractivity contribution is 5.93. The first-order valence-electron chi connectivity index (χ1n) is 13.8. The Hall–Kier alpha value is -2.70. The van der Waals surface area contributed by atoms with E-state index in [4.69, 9.17) is 0 Å². The van der Waals surface area contributed by atoms with E-state index in [1.165, 1.54) is 0 Å². The number of hydrogen-bond acceptors (Lipinski definition) is 4. The van der Waals surface area contributed by atoms with Gasteiger partial charge in [-0.2, -0.15) is 0 Å². The minimum Gasteiger partial charge on any atom is -0.480 e. The van der Waals surface area contributed by atoms with Gasteiger partial charge in [0.05, 0.1) is 5.92 Å². The maximum Gasteiger partial charge on any atom is 0.326 e. The molecule has 2 aliphatic heterocycles. The summed E-state index contributed by atoms with van der Waals surface area (Å²) in [7, 11) is 0. The van der Waals surface area contributed by atoms with Gasteiger partial charge in [0.25, 0.3) is 0 Å². The standard InChI is InChI=1S/C29H42N2O5/c32-26-20-24(21-27(33)31-17-11-12-18-31)28(34)30-25(29(35)36)16-10-5-3-1-2-4-9-15-23(26)19-22-13-7-6-8-14-22/h6-8,13-14,23-25H,1-5,9-12,15-21H2,(H,30,34)(H,35,36)/t23-,24-,25-/m0/s1. The van der Waals surface area contributed by atoms with E-state index >= 15 is 0 Å². The zero-order valence-corrected chi connectivity index (χ0v) is 21.5. The van der Waals surface area contributed by atoms with Gasteiger partial charge >= 0.3 is 5.97 Å². The van der Waals surface area contributed by atoms with Crippen LogP contribution in [0.4, 0.5) is 0 Å². The van der Waals surface area contributed by atoms with Crippen LogP contribution < -0.4 is 5.32 Å². The van der Waals surface area contributed by atoms with E-state index < -0.39 is 23.8 Å². The Bertz CT molecular complexity index is 866. The van der Waals surface area contributed by atoms with Crippen molar-refractivity contribution in [1.29, 1.82) is 0 Å². The van der Waals surface area contributed by atoms with Crippen LogP contribution in [0.1, 0.15) is 89.0 Å². The van der Waals surface area contributed by atoms with Gasteiger partial charge in [-0.05, 0) is 37.7 Å². The van der Waals surface area contributed by atoms with Crippen LogP contribution in [0.5, 0.6) is 0 Å². The molecule has 0 radical (unpaired) electrons. The van der Waals surface area contributed by atoms with Crippen molar-refractivity contribution in [2.24, 2.45) is 11.8 Å². The number of carboxylic acid groups (broad SMARTS) is 1. The molecule has 0 aliphatic carbocycles. The van der Waals surface area contributed by atoms with Crippen molar-refractivity contribution in [2.75, 3.05) is 13.1 Å². The van der Waals surface area contributed by atoms with Gasteiger partial charge in [0.2, 0.25) is 11.8 Å². The van der Waals surface area contributed by atoms with Gasteiger partial charge in [0.15, 0.2) is 0 Å².